The summed E-state index contributed by atoms with van der Waals surface area (Å²) in [5, 5.41) is 3.34. The van der Waals surface area contributed by atoms with E-state index in [2.05, 4.69) is 24.4 Å². The first kappa shape index (κ1) is 17.0. The predicted molar refractivity (Wildman–Crippen MR) is 85.2 cm³/mol. The third kappa shape index (κ3) is 4.22. The molecule has 0 aliphatic carbocycles. The predicted octanol–water partition coefficient (Wildman–Crippen LogP) is 2.50. The number of halogens is 1. The Morgan fingerprint density at radius 2 is 2.05 bits per heavy atom. The van der Waals surface area contributed by atoms with Crippen LogP contribution in [0.25, 0.3) is 0 Å². The van der Waals surface area contributed by atoms with Gasteiger partial charge in [0.05, 0.1) is 5.41 Å². The number of nitrogens with one attached hydrogen (secondary N) is 1. The number of nitrogens with zero attached hydrogens (tertiary/aromatic N) is 1. The summed E-state index contributed by atoms with van der Waals surface area (Å²) < 4.78 is 0. The fourth-order valence-electron chi connectivity index (χ4n) is 2.74. The van der Waals surface area contributed by atoms with Crippen molar-refractivity contribution in [1.29, 1.82) is 0 Å². The van der Waals surface area contributed by atoms with Gasteiger partial charge in [-0.3, -0.25) is 4.79 Å². The molecule has 1 heterocycles. The maximum Gasteiger partial charge on any atom is 0.229 e. The molecule has 1 unspecified atom stereocenters. The second-order valence-electron chi connectivity index (χ2n) is 5.80. The number of hydrogen-bond acceptors (Lipinski definition) is 2. The molecule has 1 saturated heterocycles. The smallest absolute Gasteiger partial charge is 0.229 e. The van der Waals surface area contributed by atoms with Crippen LogP contribution >= 0.6 is 12.4 Å². The zero-order valence-electron chi connectivity index (χ0n) is 12.4. The summed E-state index contributed by atoms with van der Waals surface area (Å²) >= 11 is 0. The number of likely N-dealkylation sites (N-methyl/N-ethyl adjacent to an activating group) is 1. The van der Waals surface area contributed by atoms with E-state index in [0.717, 1.165) is 38.9 Å². The summed E-state index contributed by atoms with van der Waals surface area (Å²) in [5.74, 6) is 0.274. The van der Waals surface area contributed by atoms with E-state index in [9.17, 15) is 4.79 Å². The molecule has 4 heteroatoms. The number of benzene rings is 1. The van der Waals surface area contributed by atoms with E-state index in [1.165, 1.54) is 5.56 Å². The second-order valence-corrected chi connectivity index (χ2v) is 5.80. The lowest BCUT2D eigenvalue weighted by molar-refractivity contribution is -0.140. The maximum absolute atomic E-state index is 12.5. The fourth-order valence-corrected chi connectivity index (χ4v) is 2.74. The summed E-state index contributed by atoms with van der Waals surface area (Å²) in [6, 6.07) is 10.3. The van der Waals surface area contributed by atoms with Crippen molar-refractivity contribution in [3.63, 3.8) is 0 Å². The highest BCUT2D eigenvalue weighted by molar-refractivity contribution is 5.85. The average molecular weight is 297 g/mol. The molecule has 1 N–H and O–H groups in total. The molecule has 0 spiro atoms. The van der Waals surface area contributed by atoms with Gasteiger partial charge in [0.2, 0.25) is 5.91 Å². The van der Waals surface area contributed by atoms with Gasteiger partial charge in [-0.15, -0.1) is 12.4 Å². The van der Waals surface area contributed by atoms with Crippen molar-refractivity contribution < 1.29 is 4.79 Å². The van der Waals surface area contributed by atoms with Crippen LogP contribution in [0, 0.1) is 5.41 Å². The largest absolute Gasteiger partial charge is 0.345 e. The van der Waals surface area contributed by atoms with Gasteiger partial charge in [0.15, 0.2) is 0 Å². The Morgan fingerprint density at radius 3 is 2.65 bits per heavy atom. The van der Waals surface area contributed by atoms with E-state index in [1.807, 2.05) is 30.1 Å². The van der Waals surface area contributed by atoms with E-state index in [1.54, 1.807) is 0 Å². The standard InChI is InChI=1S/C16H24N2O.ClH/c1-16(10-6-11-17-13-16)15(19)18(2)12-9-14-7-4-3-5-8-14;/h3-5,7-8,17H,6,9-13H2,1-2H3;1H. The lowest BCUT2D eigenvalue weighted by Crippen LogP contribution is -2.49. The van der Waals surface area contributed by atoms with Crippen LogP contribution in [0.2, 0.25) is 0 Å². The van der Waals surface area contributed by atoms with Gasteiger partial charge in [0.25, 0.3) is 0 Å². The molecule has 112 valence electrons. The molecule has 3 nitrogen and oxygen atoms in total. The molecular weight excluding hydrogens is 272 g/mol. The molecule has 1 atom stereocenters. The normalized spacial score (nSPS) is 21.9. The number of amides is 1. The van der Waals surface area contributed by atoms with Crippen molar-refractivity contribution in [3.05, 3.63) is 35.9 Å². The minimum Gasteiger partial charge on any atom is -0.345 e. The molecule has 1 aliphatic heterocycles. The minimum atomic E-state index is -0.219. The summed E-state index contributed by atoms with van der Waals surface area (Å²) in [6.07, 6.45) is 3.01. The third-order valence-corrected chi connectivity index (χ3v) is 4.04. The molecule has 1 aliphatic rings. The van der Waals surface area contributed by atoms with Gasteiger partial charge in [-0.2, -0.15) is 0 Å². The number of carbonyl (C=O) groups excluding carboxylic acids is 1. The number of hydrogen-bond donors (Lipinski definition) is 1. The highest BCUT2D eigenvalue weighted by Gasteiger charge is 2.36. The first-order chi connectivity index (χ1) is 9.12. The Morgan fingerprint density at radius 1 is 1.35 bits per heavy atom. The van der Waals surface area contributed by atoms with E-state index in [0.29, 0.717) is 0 Å². The molecule has 0 saturated carbocycles. The Labute approximate surface area is 128 Å². The first-order valence-corrected chi connectivity index (χ1v) is 7.12. The van der Waals surface area contributed by atoms with Crippen molar-refractivity contribution in [3.8, 4) is 0 Å². The van der Waals surface area contributed by atoms with Crippen LogP contribution in [0.3, 0.4) is 0 Å². The molecule has 0 aromatic heterocycles. The Balaban J connectivity index is 0.00000200. The van der Waals surface area contributed by atoms with Gasteiger partial charge in [-0.25, -0.2) is 0 Å². The monoisotopic (exact) mass is 296 g/mol. The fraction of sp³-hybridized carbons (Fsp3) is 0.562. The molecule has 1 fully saturated rings. The first-order valence-electron chi connectivity index (χ1n) is 7.12. The number of carbonyl (C=O) groups is 1. The number of piperidine rings is 1. The molecular formula is C16H25ClN2O. The lowest BCUT2D eigenvalue weighted by atomic mass is 9.81. The van der Waals surface area contributed by atoms with Crippen LogP contribution in [0.4, 0.5) is 0 Å². The van der Waals surface area contributed by atoms with Crippen LogP contribution in [0.5, 0.6) is 0 Å². The van der Waals surface area contributed by atoms with Gasteiger partial charge in [-0.05, 0) is 38.3 Å². The van der Waals surface area contributed by atoms with Crippen molar-refractivity contribution >= 4 is 18.3 Å². The summed E-state index contributed by atoms with van der Waals surface area (Å²) in [4.78, 5) is 14.4. The van der Waals surface area contributed by atoms with Crippen LogP contribution in [-0.2, 0) is 11.2 Å². The van der Waals surface area contributed by atoms with Crippen LogP contribution < -0.4 is 5.32 Å². The van der Waals surface area contributed by atoms with E-state index in [4.69, 9.17) is 0 Å². The van der Waals surface area contributed by atoms with Crippen LogP contribution in [-0.4, -0.2) is 37.5 Å². The molecule has 0 bridgehead atoms. The van der Waals surface area contributed by atoms with Crippen LogP contribution in [0.15, 0.2) is 30.3 Å². The van der Waals surface area contributed by atoms with Gasteiger partial charge < -0.3 is 10.2 Å². The van der Waals surface area contributed by atoms with Gasteiger partial charge in [-0.1, -0.05) is 30.3 Å². The molecule has 1 aromatic rings. The van der Waals surface area contributed by atoms with E-state index < -0.39 is 0 Å². The maximum atomic E-state index is 12.5. The third-order valence-electron chi connectivity index (χ3n) is 4.04. The summed E-state index contributed by atoms with van der Waals surface area (Å²) in [5.41, 5.74) is 1.07. The quantitative estimate of drug-likeness (QED) is 0.926. The van der Waals surface area contributed by atoms with Crippen molar-refractivity contribution in [1.82, 2.24) is 10.2 Å². The zero-order valence-corrected chi connectivity index (χ0v) is 13.2. The van der Waals surface area contributed by atoms with Gasteiger partial charge in [0, 0.05) is 20.1 Å². The summed E-state index contributed by atoms with van der Waals surface area (Å²) in [6.45, 7) is 4.72. The Hall–Kier alpha value is -1.06. The lowest BCUT2D eigenvalue weighted by Gasteiger charge is -2.36. The summed E-state index contributed by atoms with van der Waals surface area (Å²) in [7, 11) is 1.92. The Kier molecular flexibility index (Phi) is 6.50. The molecule has 1 amide bonds. The van der Waals surface area contributed by atoms with Crippen LogP contribution in [0.1, 0.15) is 25.3 Å². The Bertz CT molecular complexity index is 416. The average Bonchev–Trinajstić information content (AvgIpc) is 2.46. The topological polar surface area (TPSA) is 32.3 Å². The minimum absolute atomic E-state index is 0. The highest BCUT2D eigenvalue weighted by Crippen LogP contribution is 2.27. The molecule has 20 heavy (non-hydrogen) atoms. The number of rotatable bonds is 4. The van der Waals surface area contributed by atoms with Crippen molar-refractivity contribution in [2.24, 2.45) is 5.41 Å². The molecule has 2 rings (SSSR count). The zero-order chi connectivity index (χ0) is 13.7. The second kappa shape index (κ2) is 7.65. The molecule has 1 aromatic carbocycles. The SMILES string of the molecule is CN(CCc1ccccc1)C(=O)C1(C)CCCNC1.Cl. The van der Waals surface area contributed by atoms with Crippen molar-refractivity contribution in [2.75, 3.05) is 26.7 Å². The van der Waals surface area contributed by atoms with E-state index in [-0.39, 0.29) is 23.7 Å². The van der Waals surface area contributed by atoms with Crippen molar-refractivity contribution in [2.45, 2.75) is 26.2 Å². The van der Waals surface area contributed by atoms with Gasteiger partial charge in [0.1, 0.15) is 0 Å². The highest BCUT2D eigenvalue weighted by atomic mass is 35.5. The van der Waals surface area contributed by atoms with Gasteiger partial charge >= 0.3 is 0 Å². The van der Waals surface area contributed by atoms with E-state index >= 15 is 0 Å². The molecule has 0 radical (unpaired) electrons.